The van der Waals surface area contributed by atoms with Crippen LogP contribution in [0.2, 0.25) is 0 Å². The standard InChI is InChI=1S/C26H22O6/c1-3-30-20-10-6-17(7-11-20)14-24-25(27)22-13-12-21(15-23(22)32-24)31-16-18-4-8-19(9-5-18)26(28)29-2/h4-15H,3,16H2,1-2H3/b24-14-. The second-order valence-corrected chi connectivity index (χ2v) is 7.08. The normalized spacial score (nSPS) is 13.4. The van der Waals surface area contributed by atoms with Crippen molar-refractivity contribution in [2.45, 2.75) is 13.5 Å². The molecule has 0 radical (unpaired) electrons. The molecule has 0 bridgehead atoms. The van der Waals surface area contributed by atoms with Gasteiger partial charge in [-0.3, -0.25) is 4.79 Å². The van der Waals surface area contributed by atoms with Crippen LogP contribution in [0.3, 0.4) is 0 Å². The van der Waals surface area contributed by atoms with Crippen LogP contribution >= 0.6 is 0 Å². The monoisotopic (exact) mass is 430 g/mol. The van der Waals surface area contributed by atoms with Crippen molar-refractivity contribution in [3.63, 3.8) is 0 Å². The summed E-state index contributed by atoms with van der Waals surface area (Å²) in [5.41, 5.74) is 2.72. The van der Waals surface area contributed by atoms with E-state index in [2.05, 4.69) is 0 Å². The molecule has 1 aliphatic rings. The summed E-state index contributed by atoms with van der Waals surface area (Å²) in [6.07, 6.45) is 1.71. The fraction of sp³-hybridized carbons (Fsp3) is 0.154. The minimum atomic E-state index is -0.382. The first-order chi connectivity index (χ1) is 15.6. The van der Waals surface area contributed by atoms with Crippen LogP contribution in [0.1, 0.15) is 38.8 Å². The molecule has 0 aliphatic carbocycles. The maximum atomic E-state index is 12.7. The average molecular weight is 430 g/mol. The molecule has 0 fully saturated rings. The Morgan fingerprint density at radius 1 is 0.938 bits per heavy atom. The highest BCUT2D eigenvalue weighted by Crippen LogP contribution is 2.35. The Kier molecular flexibility index (Phi) is 6.22. The molecule has 0 aromatic heterocycles. The van der Waals surface area contributed by atoms with Crippen LogP contribution in [0.15, 0.2) is 72.5 Å². The highest BCUT2D eigenvalue weighted by molar-refractivity contribution is 6.14. The number of hydrogen-bond acceptors (Lipinski definition) is 6. The second-order valence-electron chi connectivity index (χ2n) is 7.08. The van der Waals surface area contributed by atoms with E-state index >= 15 is 0 Å². The van der Waals surface area contributed by atoms with E-state index in [9.17, 15) is 9.59 Å². The number of carbonyl (C=O) groups is 2. The molecule has 1 aliphatic heterocycles. The summed E-state index contributed by atoms with van der Waals surface area (Å²) >= 11 is 0. The molecular formula is C26H22O6. The number of ketones is 1. The highest BCUT2D eigenvalue weighted by atomic mass is 16.5. The van der Waals surface area contributed by atoms with Crippen LogP contribution in [0, 0.1) is 0 Å². The fourth-order valence-electron chi connectivity index (χ4n) is 3.26. The van der Waals surface area contributed by atoms with Gasteiger partial charge in [-0.15, -0.1) is 0 Å². The molecule has 3 aromatic rings. The van der Waals surface area contributed by atoms with Gasteiger partial charge in [-0.05, 0) is 60.5 Å². The molecule has 0 atom stereocenters. The number of methoxy groups -OCH3 is 1. The molecule has 6 nitrogen and oxygen atoms in total. The topological polar surface area (TPSA) is 71.1 Å². The predicted octanol–water partition coefficient (Wildman–Crippen LogP) is 5.07. The lowest BCUT2D eigenvalue weighted by atomic mass is 10.1. The lowest BCUT2D eigenvalue weighted by molar-refractivity contribution is 0.0600. The van der Waals surface area contributed by atoms with Gasteiger partial charge in [0.2, 0.25) is 5.78 Å². The maximum Gasteiger partial charge on any atom is 0.337 e. The molecule has 1 heterocycles. The van der Waals surface area contributed by atoms with Crippen LogP contribution in [0.4, 0.5) is 0 Å². The van der Waals surface area contributed by atoms with E-state index in [1.807, 2.05) is 31.2 Å². The van der Waals surface area contributed by atoms with Gasteiger partial charge in [0.25, 0.3) is 0 Å². The van der Waals surface area contributed by atoms with E-state index in [0.717, 1.165) is 16.9 Å². The summed E-state index contributed by atoms with van der Waals surface area (Å²) in [6, 6.07) is 19.6. The van der Waals surface area contributed by atoms with Gasteiger partial charge in [-0.2, -0.15) is 0 Å². The van der Waals surface area contributed by atoms with E-state index in [-0.39, 0.29) is 17.5 Å². The predicted molar refractivity (Wildman–Crippen MR) is 119 cm³/mol. The van der Waals surface area contributed by atoms with Gasteiger partial charge >= 0.3 is 5.97 Å². The van der Waals surface area contributed by atoms with Gasteiger partial charge in [0.05, 0.1) is 24.8 Å². The Morgan fingerprint density at radius 3 is 2.34 bits per heavy atom. The number of Topliss-reactive ketones (excluding diaryl/α,β-unsaturated/α-hetero) is 1. The third kappa shape index (κ3) is 4.64. The molecule has 3 aromatic carbocycles. The molecule has 0 N–H and O–H groups in total. The van der Waals surface area contributed by atoms with Crippen molar-refractivity contribution in [3.8, 4) is 17.2 Å². The smallest absolute Gasteiger partial charge is 0.337 e. The number of allylic oxidation sites excluding steroid dienone is 1. The van der Waals surface area contributed by atoms with E-state index < -0.39 is 0 Å². The van der Waals surface area contributed by atoms with Crippen LogP contribution in [0.5, 0.6) is 17.2 Å². The number of esters is 1. The molecule has 162 valence electrons. The molecule has 4 rings (SSSR count). The molecule has 6 heteroatoms. The average Bonchev–Trinajstić information content (AvgIpc) is 3.13. The van der Waals surface area contributed by atoms with Crippen molar-refractivity contribution in [2.75, 3.05) is 13.7 Å². The Balaban J connectivity index is 1.43. The molecule has 32 heavy (non-hydrogen) atoms. The van der Waals surface area contributed by atoms with Gasteiger partial charge in [-0.25, -0.2) is 4.79 Å². The van der Waals surface area contributed by atoms with Crippen molar-refractivity contribution >= 4 is 17.8 Å². The summed E-state index contributed by atoms with van der Waals surface area (Å²) in [6.45, 7) is 2.83. The first-order valence-electron chi connectivity index (χ1n) is 10.2. The summed E-state index contributed by atoms with van der Waals surface area (Å²) in [5, 5.41) is 0. The largest absolute Gasteiger partial charge is 0.494 e. The van der Waals surface area contributed by atoms with Gasteiger partial charge in [0.1, 0.15) is 23.9 Å². The number of ether oxygens (including phenoxy) is 4. The molecule has 0 spiro atoms. The zero-order valence-corrected chi connectivity index (χ0v) is 17.8. The van der Waals surface area contributed by atoms with E-state index in [4.69, 9.17) is 18.9 Å². The van der Waals surface area contributed by atoms with Gasteiger partial charge < -0.3 is 18.9 Å². The summed E-state index contributed by atoms with van der Waals surface area (Å²) in [4.78, 5) is 24.2. The lowest BCUT2D eigenvalue weighted by Crippen LogP contribution is -2.02. The van der Waals surface area contributed by atoms with Crippen LogP contribution in [-0.4, -0.2) is 25.5 Å². The van der Waals surface area contributed by atoms with Crippen LogP contribution in [0.25, 0.3) is 6.08 Å². The highest BCUT2D eigenvalue weighted by Gasteiger charge is 2.27. The first-order valence-corrected chi connectivity index (χ1v) is 10.2. The Bertz CT molecular complexity index is 1160. The number of rotatable bonds is 7. The summed E-state index contributed by atoms with van der Waals surface area (Å²) in [7, 11) is 1.35. The molecule has 0 saturated carbocycles. The van der Waals surface area contributed by atoms with E-state index in [1.165, 1.54) is 7.11 Å². The number of carbonyl (C=O) groups excluding carboxylic acids is 2. The number of fused-ring (bicyclic) bond motifs is 1. The fourth-order valence-corrected chi connectivity index (χ4v) is 3.26. The third-order valence-electron chi connectivity index (χ3n) is 4.91. The minimum Gasteiger partial charge on any atom is -0.494 e. The zero-order chi connectivity index (χ0) is 22.5. The summed E-state index contributed by atoms with van der Waals surface area (Å²) in [5.74, 6) is 1.53. The van der Waals surface area contributed by atoms with Crippen LogP contribution in [-0.2, 0) is 11.3 Å². The Morgan fingerprint density at radius 2 is 1.66 bits per heavy atom. The van der Waals surface area contributed by atoms with Crippen molar-refractivity contribution < 1.29 is 28.5 Å². The van der Waals surface area contributed by atoms with Crippen molar-refractivity contribution in [2.24, 2.45) is 0 Å². The van der Waals surface area contributed by atoms with Gasteiger partial charge in [0.15, 0.2) is 5.76 Å². The number of hydrogen-bond donors (Lipinski definition) is 0. The first kappa shape index (κ1) is 21.2. The maximum absolute atomic E-state index is 12.7. The number of benzene rings is 3. The zero-order valence-electron chi connectivity index (χ0n) is 17.8. The SMILES string of the molecule is CCOc1ccc(/C=C2\Oc3cc(OCc4ccc(C(=O)OC)cc4)ccc3C2=O)cc1. The second kappa shape index (κ2) is 9.39. The molecule has 0 amide bonds. The van der Waals surface area contributed by atoms with Gasteiger partial charge in [-0.1, -0.05) is 24.3 Å². The van der Waals surface area contributed by atoms with Crippen molar-refractivity contribution in [1.29, 1.82) is 0 Å². The van der Waals surface area contributed by atoms with Crippen molar-refractivity contribution in [1.82, 2.24) is 0 Å². The Hall–Kier alpha value is -4.06. The molecule has 0 unspecified atom stereocenters. The third-order valence-corrected chi connectivity index (χ3v) is 4.91. The van der Waals surface area contributed by atoms with E-state index in [0.29, 0.717) is 35.8 Å². The lowest BCUT2D eigenvalue weighted by Gasteiger charge is -2.08. The van der Waals surface area contributed by atoms with E-state index in [1.54, 1.807) is 48.5 Å². The summed E-state index contributed by atoms with van der Waals surface area (Å²) < 4.78 is 21.8. The van der Waals surface area contributed by atoms with Crippen molar-refractivity contribution in [3.05, 3.63) is 94.7 Å². The molecular weight excluding hydrogens is 408 g/mol. The Labute approximate surface area is 186 Å². The minimum absolute atomic E-state index is 0.168. The van der Waals surface area contributed by atoms with Gasteiger partial charge in [0, 0.05) is 6.07 Å². The van der Waals surface area contributed by atoms with Crippen LogP contribution < -0.4 is 14.2 Å². The quantitative estimate of drug-likeness (QED) is 0.385. The molecule has 0 saturated heterocycles.